The minimum Gasteiger partial charge on any atom is -0.449 e. The van der Waals surface area contributed by atoms with E-state index in [2.05, 4.69) is 4.74 Å². The Morgan fingerprint density at radius 1 is 1.25 bits per heavy atom. The predicted octanol–water partition coefficient (Wildman–Crippen LogP) is 3.22. The summed E-state index contributed by atoms with van der Waals surface area (Å²) >= 11 is 0. The third-order valence-electron chi connectivity index (χ3n) is 3.08. The number of ether oxygens (including phenoxy) is 1. The van der Waals surface area contributed by atoms with Gasteiger partial charge in [0.1, 0.15) is 5.82 Å². The van der Waals surface area contributed by atoms with Crippen LogP contribution < -0.4 is 0 Å². The van der Waals surface area contributed by atoms with Gasteiger partial charge in [0.15, 0.2) is 6.61 Å². The Labute approximate surface area is 137 Å². The summed E-state index contributed by atoms with van der Waals surface area (Å²) in [5.41, 5.74) is 1.16. The molecule has 0 spiro atoms. The van der Waals surface area contributed by atoms with Crippen molar-refractivity contribution < 1.29 is 31.9 Å². The van der Waals surface area contributed by atoms with Crippen LogP contribution >= 0.6 is 0 Å². The Hall–Kier alpha value is -2.12. The van der Waals surface area contributed by atoms with E-state index in [1.54, 1.807) is 20.8 Å². The van der Waals surface area contributed by atoms with Crippen molar-refractivity contribution in [2.75, 3.05) is 13.2 Å². The third kappa shape index (κ3) is 6.55. The van der Waals surface area contributed by atoms with Gasteiger partial charge in [0, 0.05) is 13.1 Å². The fourth-order valence-electron chi connectivity index (χ4n) is 2.04. The van der Waals surface area contributed by atoms with Gasteiger partial charge >= 0.3 is 18.1 Å². The van der Waals surface area contributed by atoms with Gasteiger partial charge in [-0.3, -0.25) is 4.79 Å². The van der Waals surface area contributed by atoms with Crippen LogP contribution in [0.5, 0.6) is 0 Å². The number of rotatable bonds is 5. The van der Waals surface area contributed by atoms with Crippen molar-refractivity contribution in [3.05, 3.63) is 35.1 Å². The maximum atomic E-state index is 13.1. The van der Waals surface area contributed by atoms with Crippen LogP contribution in [-0.2, 0) is 20.9 Å². The molecule has 0 saturated heterocycles. The average Bonchev–Trinajstić information content (AvgIpc) is 2.44. The molecule has 134 valence electrons. The summed E-state index contributed by atoms with van der Waals surface area (Å²) in [4.78, 5) is 24.8. The normalized spacial score (nSPS) is 11.5. The van der Waals surface area contributed by atoms with Crippen LogP contribution in [-0.4, -0.2) is 36.1 Å². The molecule has 0 atom stereocenters. The van der Waals surface area contributed by atoms with E-state index in [4.69, 9.17) is 0 Å². The van der Waals surface area contributed by atoms with Gasteiger partial charge in [0.2, 0.25) is 0 Å². The van der Waals surface area contributed by atoms with Crippen molar-refractivity contribution in [2.24, 2.45) is 5.92 Å². The summed E-state index contributed by atoms with van der Waals surface area (Å²) in [7, 11) is 0. The van der Waals surface area contributed by atoms with E-state index in [-0.39, 0.29) is 19.0 Å². The zero-order valence-electron chi connectivity index (χ0n) is 13.6. The van der Waals surface area contributed by atoms with E-state index in [1.807, 2.05) is 0 Å². The molecule has 0 bridgehead atoms. The summed E-state index contributed by atoms with van der Waals surface area (Å²) < 4.78 is 53.4. The molecule has 1 aromatic rings. The standard InChI is InChI=1S/C16H19F4NO3/c1-10(2)7-21(8-12-4-5-13(17)6-11(12)3)14(22)15(23)24-9-16(18,19)20/h4-6,10H,7-9H2,1-3H3. The number of esters is 1. The van der Waals surface area contributed by atoms with E-state index in [9.17, 15) is 27.2 Å². The van der Waals surface area contributed by atoms with E-state index in [0.717, 1.165) is 4.90 Å². The van der Waals surface area contributed by atoms with Crippen molar-refractivity contribution in [1.29, 1.82) is 0 Å². The lowest BCUT2D eigenvalue weighted by Crippen LogP contribution is -2.40. The van der Waals surface area contributed by atoms with Gasteiger partial charge < -0.3 is 9.64 Å². The molecule has 0 N–H and O–H groups in total. The number of benzene rings is 1. The number of carbonyl (C=O) groups excluding carboxylic acids is 2. The number of amides is 1. The lowest BCUT2D eigenvalue weighted by molar-refractivity contribution is -0.189. The fraction of sp³-hybridized carbons (Fsp3) is 0.500. The van der Waals surface area contributed by atoms with Crippen LogP contribution in [0, 0.1) is 18.7 Å². The first-order valence-corrected chi connectivity index (χ1v) is 7.27. The highest BCUT2D eigenvalue weighted by Crippen LogP contribution is 2.16. The number of aryl methyl sites for hydroxylation is 1. The van der Waals surface area contributed by atoms with Gasteiger partial charge in [-0.05, 0) is 36.1 Å². The molecule has 0 aromatic heterocycles. The average molecular weight is 349 g/mol. The zero-order chi connectivity index (χ0) is 18.5. The van der Waals surface area contributed by atoms with Crippen molar-refractivity contribution in [3.63, 3.8) is 0 Å². The zero-order valence-corrected chi connectivity index (χ0v) is 13.6. The van der Waals surface area contributed by atoms with Crippen LogP contribution in [0.4, 0.5) is 17.6 Å². The Bertz CT molecular complexity index is 599. The third-order valence-corrected chi connectivity index (χ3v) is 3.08. The molecular formula is C16H19F4NO3. The SMILES string of the molecule is Cc1cc(F)ccc1CN(CC(C)C)C(=O)C(=O)OCC(F)(F)F. The van der Waals surface area contributed by atoms with Crippen LogP contribution in [0.3, 0.4) is 0 Å². The number of hydrogen-bond donors (Lipinski definition) is 0. The number of alkyl halides is 3. The monoisotopic (exact) mass is 349 g/mol. The summed E-state index contributed by atoms with van der Waals surface area (Å²) in [6.07, 6.45) is -4.70. The molecule has 0 unspecified atom stereocenters. The van der Waals surface area contributed by atoms with Crippen LogP contribution in [0.25, 0.3) is 0 Å². The second-order valence-electron chi connectivity index (χ2n) is 5.84. The van der Waals surface area contributed by atoms with Gasteiger partial charge in [0.25, 0.3) is 0 Å². The maximum Gasteiger partial charge on any atom is 0.422 e. The van der Waals surface area contributed by atoms with Crippen molar-refractivity contribution in [2.45, 2.75) is 33.5 Å². The van der Waals surface area contributed by atoms with Gasteiger partial charge in [0.05, 0.1) is 0 Å². The Kier molecular flexibility index (Phi) is 6.74. The second-order valence-corrected chi connectivity index (χ2v) is 5.84. The lowest BCUT2D eigenvalue weighted by Gasteiger charge is -2.24. The highest BCUT2D eigenvalue weighted by atomic mass is 19.4. The predicted molar refractivity (Wildman–Crippen MR) is 78.4 cm³/mol. The van der Waals surface area contributed by atoms with Gasteiger partial charge in [-0.25, -0.2) is 9.18 Å². The number of nitrogens with zero attached hydrogens (tertiary/aromatic N) is 1. The largest absolute Gasteiger partial charge is 0.449 e. The molecule has 0 aliphatic carbocycles. The molecule has 0 saturated carbocycles. The van der Waals surface area contributed by atoms with Gasteiger partial charge in [-0.15, -0.1) is 0 Å². The Morgan fingerprint density at radius 2 is 1.88 bits per heavy atom. The minimum atomic E-state index is -4.70. The molecule has 0 heterocycles. The van der Waals surface area contributed by atoms with Gasteiger partial charge in [-0.1, -0.05) is 19.9 Å². The molecular weight excluding hydrogens is 330 g/mol. The highest BCUT2D eigenvalue weighted by molar-refractivity contribution is 6.32. The molecule has 4 nitrogen and oxygen atoms in total. The molecule has 1 aromatic carbocycles. The van der Waals surface area contributed by atoms with Crippen molar-refractivity contribution in [3.8, 4) is 0 Å². The molecule has 8 heteroatoms. The molecule has 24 heavy (non-hydrogen) atoms. The van der Waals surface area contributed by atoms with Crippen LogP contribution in [0.1, 0.15) is 25.0 Å². The smallest absolute Gasteiger partial charge is 0.422 e. The Morgan fingerprint density at radius 3 is 2.38 bits per heavy atom. The number of hydrogen-bond acceptors (Lipinski definition) is 3. The Balaban J connectivity index is 2.87. The topological polar surface area (TPSA) is 46.6 Å². The van der Waals surface area contributed by atoms with Crippen LogP contribution in [0.15, 0.2) is 18.2 Å². The summed E-state index contributed by atoms with van der Waals surface area (Å²) in [6.45, 7) is 3.53. The van der Waals surface area contributed by atoms with Gasteiger partial charge in [-0.2, -0.15) is 13.2 Å². The van der Waals surface area contributed by atoms with Crippen molar-refractivity contribution in [1.82, 2.24) is 4.90 Å². The van der Waals surface area contributed by atoms with E-state index >= 15 is 0 Å². The van der Waals surface area contributed by atoms with Crippen molar-refractivity contribution >= 4 is 11.9 Å². The summed E-state index contributed by atoms with van der Waals surface area (Å²) in [5, 5.41) is 0. The number of carbonyl (C=O) groups is 2. The quantitative estimate of drug-likeness (QED) is 0.466. The summed E-state index contributed by atoms with van der Waals surface area (Å²) in [6, 6.07) is 3.95. The molecule has 0 radical (unpaired) electrons. The van der Waals surface area contributed by atoms with Crippen LogP contribution in [0.2, 0.25) is 0 Å². The minimum absolute atomic E-state index is 0.0230. The van der Waals surface area contributed by atoms with E-state index in [0.29, 0.717) is 11.1 Å². The van der Waals surface area contributed by atoms with E-state index in [1.165, 1.54) is 18.2 Å². The summed E-state index contributed by atoms with van der Waals surface area (Å²) in [5.74, 6) is -3.18. The molecule has 1 rings (SSSR count). The molecule has 0 aliphatic rings. The fourth-order valence-corrected chi connectivity index (χ4v) is 2.04. The second kappa shape index (κ2) is 8.12. The first-order valence-electron chi connectivity index (χ1n) is 7.27. The maximum absolute atomic E-state index is 13.1. The first-order chi connectivity index (χ1) is 11.0. The molecule has 1 amide bonds. The van der Waals surface area contributed by atoms with E-state index < -0.39 is 30.5 Å². The highest BCUT2D eigenvalue weighted by Gasteiger charge is 2.32. The first kappa shape index (κ1) is 19.9. The number of halogens is 4. The lowest BCUT2D eigenvalue weighted by atomic mass is 10.1. The molecule has 0 fully saturated rings. The molecule has 0 aliphatic heterocycles.